The Bertz CT molecular complexity index is 1660. The summed E-state index contributed by atoms with van der Waals surface area (Å²) in [6.07, 6.45) is 6.79. The predicted molar refractivity (Wildman–Crippen MR) is 226 cm³/mol. The number of carboxylic acid groups (broad SMARTS) is 2. The zero-order valence-electron chi connectivity index (χ0n) is 35.7. The van der Waals surface area contributed by atoms with Crippen LogP contribution in [0.5, 0.6) is 0 Å². The minimum Gasteiger partial charge on any atom is -0.480 e. The number of nitrogens with zero attached hydrogens (tertiary/aromatic N) is 6. The number of benzene rings is 1. The zero-order valence-corrected chi connectivity index (χ0v) is 35.7. The second-order valence-corrected chi connectivity index (χ2v) is 19.4. The minimum atomic E-state index is -0.928. The third-order valence-electron chi connectivity index (χ3n) is 16.0. The van der Waals surface area contributed by atoms with Crippen molar-refractivity contribution >= 4 is 23.5 Å². The Balaban J connectivity index is 1.02. The summed E-state index contributed by atoms with van der Waals surface area (Å²) >= 11 is 0. The lowest BCUT2D eigenvalue weighted by atomic mass is 9.43. The zero-order chi connectivity index (χ0) is 42.5. The van der Waals surface area contributed by atoms with E-state index in [1.807, 2.05) is 36.2 Å². The van der Waals surface area contributed by atoms with Crippen molar-refractivity contribution in [3.63, 3.8) is 0 Å². The molecule has 1 aliphatic heterocycles. The highest BCUT2D eigenvalue weighted by molar-refractivity contribution is 5.90. The van der Waals surface area contributed by atoms with Gasteiger partial charge in [0.2, 0.25) is 5.91 Å². The van der Waals surface area contributed by atoms with Crippen molar-refractivity contribution in [1.82, 2.24) is 20.0 Å². The number of nitrogens with one attached hydrogen (secondary N) is 2. The molecule has 12 atom stereocenters. The molecule has 1 amide bonds. The van der Waals surface area contributed by atoms with E-state index in [9.17, 15) is 34.8 Å². The first-order chi connectivity index (χ1) is 28.1. The number of aliphatic carboxylic acids is 2. The van der Waals surface area contributed by atoms with E-state index >= 15 is 0 Å². The summed E-state index contributed by atoms with van der Waals surface area (Å²) in [6, 6.07) is 7.57. The second-order valence-electron chi connectivity index (χ2n) is 19.4. The molecule has 5 unspecified atom stereocenters. The third-order valence-corrected chi connectivity index (χ3v) is 16.0. The SMILES string of the molecule is CC(CCC(=O)Nc1ccc(CC(CN2CCN(C)CCN(CC(=O)O)CC2)NCC(=O)O)cc1)[C@H]1CCC2C3C(C[C@H](O)[C@@]21C)[C@@]1(C)CC[C@@H](N=[N+]=[N-])C[C@H]1C[C@H]3O. The van der Waals surface area contributed by atoms with Crippen molar-refractivity contribution in [3.8, 4) is 0 Å². The van der Waals surface area contributed by atoms with Crippen LogP contribution in [0.15, 0.2) is 29.4 Å². The van der Waals surface area contributed by atoms with E-state index in [4.69, 9.17) is 5.53 Å². The quantitative estimate of drug-likeness (QED) is 0.0821. The van der Waals surface area contributed by atoms with Crippen LogP contribution in [0.2, 0.25) is 0 Å². The fourth-order valence-corrected chi connectivity index (χ4v) is 12.6. The van der Waals surface area contributed by atoms with Crippen molar-refractivity contribution in [2.24, 2.45) is 51.5 Å². The van der Waals surface area contributed by atoms with Gasteiger partial charge < -0.3 is 36.0 Å². The number of aliphatic hydroxyl groups is 2. The van der Waals surface area contributed by atoms with Crippen LogP contribution in [0, 0.1) is 46.3 Å². The van der Waals surface area contributed by atoms with Gasteiger partial charge in [-0.1, -0.05) is 38.0 Å². The van der Waals surface area contributed by atoms with E-state index < -0.39 is 24.1 Å². The molecule has 6 N–H and O–H groups in total. The van der Waals surface area contributed by atoms with Crippen LogP contribution < -0.4 is 10.6 Å². The normalized spacial score (nSPS) is 35.4. The molecule has 6 rings (SSSR count). The maximum atomic E-state index is 13.3. The summed E-state index contributed by atoms with van der Waals surface area (Å²) in [5.74, 6) is -0.445. The Kier molecular flexibility index (Phi) is 15.0. The van der Waals surface area contributed by atoms with Crippen molar-refractivity contribution in [2.45, 2.75) is 109 Å². The van der Waals surface area contributed by atoms with Crippen molar-refractivity contribution in [1.29, 1.82) is 0 Å². The Morgan fingerprint density at radius 3 is 2.32 bits per heavy atom. The van der Waals surface area contributed by atoms with Gasteiger partial charge in [0.15, 0.2) is 0 Å². The van der Waals surface area contributed by atoms with Gasteiger partial charge in [-0.05, 0) is 134 Å². The first-order valence-electron chi connectivity index (χ1n) is 22.2. The third kappa shape index (κ3) is 10.6. The number of amides is 1. The number of likely N-dealkylation sites (N-methyl/N-ethyl adjacent to an activating group) is 1. The summed E-state index contributed by atoms with van der Waals surface area (Å²) in [7, 11) is 2.03. The maximum absolute atomic E-state index is 13.3. The lowest BCUT2D eigenvalue weighted by Gasteiger charge is -2.63. The summed E-state index contributed by atoms with van der Waals surface area (Å²) in [5.41, 5.74) is 10.5. The lowest BCUT2D eigenvalue weighted by molar-refractivity contribution is -0.202. The highest BCUT2D eigenvalue weighted by Crippen LogP contribution is 2.68. The van der Waals surface area contributed by atoms with Crippen LogP contribution in [0.4, 0.5) is 5.69 Å². The number of aliphatic hydroxyl groups excluding tert-OH is 2. The predicted octanol–water partition coefficient (Wildman–Crippen LogP) is 4.54. The summed E-state index contributed by atoms with van der Waals surface area (Å²) in [5, 5.41) is 52.8. The molecule has 4 saturated carbocycles. The number of azide groups is 1. The van der Waals surface area contributed by atoms with Gasteiger partial charge in [0.25, 0.3) is 0 Å². The highest BCUT2D eigenvalue weighted by Gasteiger charge is 2.65. The van der Waals surface area contributed by atoms with Gasteiger partial charge in [0.1, 0.15) is 0 Å². The number of hydrogen-bond donors (Lipinski definition) is 6. The van der Waals surface area contributed by atoms with Crippen molar-refractivity contribution < 1.29 is 34.8 Å². The number of carboxylic acids is 2. The molecule has 4 aliphatic carbocycles. The number of hydrogen-bond acceptors (Lipinski definition) is 10. The van der Waals surface area contributed by atoms with Crippen LogP contribution >= 0.6 is 0 Å². The van der Waals surface area contributed by atoms with E-state index in [2.05, 4.69) is 51.2 Å². The van der Waals surface area contributed by atoms with Gasteiger partial charge in [0, 0.05) is 74.9 Å². The monoisotopic (exact) mass is 823 g/mol. The number of rotatable bonds is 15. The van der Waals surface area contributed by atoms with E-state index in [0.717, 1.165) is 63.7 Å². The van der Waals surface area contributed by atoms with E-state index in [1.165, 1.54) is 0 Å². The Hall–Kier alpha value is -3.30. The summed E-state index contributed by atoms with van der Waals surface area (Å²) < 4.78 is 0. The minimum absolute atomic E-state index is 0.00789. The lowest BCUT2D eigenvalue weighted by Crippen LogP contribution is -2.62. The Morgan fingerprint density at radius 1 is 0.932 bits per heavy atom. The summed E-state index contributed by atoms with van der Waals surface area (Å²) in [6.45, 7) is 11.7. The fourth-order valence-electron chi connectivity index (χ4n) is 12.6. The van der Waals surface area contributed by atoms with Crippen LogP contribution in [0.25, 0.3) is 10.4 Å². The average Bonchev–Trinajstić information content (AvgIpc) is 3.58. The van der Waals surface area contributed by atoms with Gasteiger partial charge in [-0.25, -0.2) is 0 Å². The first kappa shape index (κ1) is 45.2. The Morgan fingerprint density at radius 2 is 1.63 bits per heavy atom. The maximum Gasteiger partial charge on any atom is 0.317 e. The standard InChI is InChI=1S/C44H70N8O7/c1-28(34-10-11-35-42-36(24-38(54)44(34,35)3)43(2)14-13-32(48-49-45)22-30(43)23-37(42)53)5-12-39(55)47-31-8-6-29(7-9-31)21-33(46-25-40(56)57)26-51-17-15-50(4)16-18-52(20-19-51)27-41(58)59/h6-9,28,30,32-38,42,46,53-54H,5,10-27H2,1-4H3,(H,47,55)(H,56,57)(H,58,59)/t28?,30-,32+,33?,34+,35?,36?,37+,38-,42?,43-,44+/m0/s1. The number of carbonyl (C=O) groups excluding carboxylic acids is 1. The van der Waals surface area contributed by atoms with Gasteiger partial charge in [-0.3, -0.25) is 24.2 Å². The first-order valence-corrected chi connectivity index (χ1v) is 22.2. The number of fused-ring (bicyclic) bond motifs is 5. The molecule has 15 nitrogen and oxygen atoms in total. The summed E-state index contributed by atoms with van der Waals surface area (Å²) in [4.78, 5) is 45.7. The fraction of sp³-hybridized carbons (Fsp3) is 0.795. The molecular weight excluding hydrogens is 753 g/mol. The molecule has 1 aromatic rings. The molecule has 0 bridgehead atoms. The molecule has 0 radical (unpaired) electrons. The molecule has 0 spiro atoms. The molecule has 0 aromatic heterocycles. The second kappa shape index (κ2) is 19.6. The number of anilines is 1. The van der Waals surface area contributed by atoms with Gasteiger partial charge in [0.05, 0.1) is 25.3 Å². The van der Waals surface area contributed by atoms with E-state index in [1.54, 1.807) is 0 Å². The smallest absolute Gasteiger partial charge is 0.317 e. The van der Waals surface area contributed by atoms with Crippen molar-refractivity contribution in [3.05, 3.63) is 40.3 Å². The molecule has 1 heterocycles. The molecule has 59 heavy (non-hydrogen) atoms. The van der Waals surface area contributed by atoms with Crippen LogP contribution in [0.3, 0.4) is 0 Å². The molecule has 328 valence electrons. The highest BCUT2D eigenvalue weighted by atomic mass is 16.4. The Labute approximate surface area is 349 Å². The van der Waals surface area contributed by atoms with Crippen LogP contribution in [-0.4, -0.2) is 143 Å². The number of carbonyl (C=O) groups is 3. The van der Waals surface area contributed by atoms with Gasteiger partial charge in [-0.15, -0.1) is 0 Å². The topological polar surface area (TPSA) is 215 Å². The molecule has 5 aliphatic rings. The average molecular weight is 823 g/mol. The van der Waals surface area contributed by atoms with E-state index in [0.29, 0.717) is 57.5 Å². The van der Waals surface area contributed by atoms with Crippen LogP contribution in [-0.2, 0) is 20.8 Å². The van der Waals surface area contributed by atoms with E-state index in [-0.39, 0.29) is 77.4 Å². The van der Waals surface area contributed by atoms with Crippen molar-refractivity contribution in [2.75, 3.05) is 71.3 Å². The van der Waals surface area contributed by atoms with Gasteiger partial charge in [-0.2, -0.15) is 0 Å². The largest absolute Gasteiger partial charge is 0.480 e. The molecule has 1 aromatic carbocycles. The molecule has 5 fully saturated rings. The molecular formula is C44H70N8O7. The van der Waals surface area contributed by atoms with Crippen LogP contribution in [0.1, 0.15) is 84.1 Å². The van der Waals surface area contributed by atoms with Gasteiger partial charge >= 0.3 is 11.9 Å². The molecule has 15 heteroatoms. The molecule has 1 saturated heterocycles.